The minimum atomic E-state index is -4.13. The molecule has 0 aromatic heterocycles. The maximum atomic E-state index is 13.2. The number of carbonyl (C=O) groups is 2. The van der Waals surface area contributed by atoms with Crippen molar-refractivity contribution in [2.24, 2.45) is 5.41 Å². The Labute approximate surface area is 196 Å². The quantitative estimate of drug-likeness (QED) is 0.183. The molecule has 4 aliphatic rings. The maximum Gasteiger partial charge on any atom is 0.476 e. The van der Waals surface area contributed by atoms with Gasteiger partial charge in [-0.2, -0.15) is 0 Å². The highest BCUT2D eigenvalue weighted by Crippen LogP contribution is 2.78. The van der Waals surface area contributed by atoms with Gasteiger partial charge in [0.05, 0.1) is 12.7 Å². The first-order chi connectivity index (χ1) is 15.8. The summed E-state index contributed by atoms with van der Waals surface area (Å²) in [5, 5.41) is 24.1. The molecule has 3 unspecified atom stereocenters. The lowest BCUT2D eigenvalue weighted by Gasteiger charge is -2.39. The molecule has 4 N–H and O–H groups in total. The van der Waals surface area contributed by atoms with Gasteiger partial charge < -0.3 is 29.7 Å². The molecule has 3 heterocycles. The number of esters is 1. The van der Waals surface area contributed by atoms with Crippen molar-refractivity contribution in [3.05, 3.63) is 12.3 Å². The molecule has 0 radical (unpaired) electrons. The van der Waals surface area contributed by atoms with Crippen molar-refractivity contribution < 1.29 is 52.1 Å². The summed E-state index contributed by atoms with van der Waals surface area (Å²) in [6.07, 6.45) is -2.33. The van der Waals surface area contributed by atoms with Crippen molar-refractivity contribution >= 4 is 19.8 Å². The van der Waals surface area contributed by atoms with Gasteiger partial charge in [0.1, 0.15) is 36.3 Å². The number of fused-ring (bicyclic) bond motifs is 1. The number of methoxy groups -OCH3 is 1. The number of amides is 2. The largest absolute Gasteiger partial charge is 0.476 e. The van der Waals surface area contributed by atoms with Crippen LogP contribution >= 0.6 is 7.82 Å². The van der Waals surface area contributed by atoms with Crippen LogP contribution in [0.3, 0.4) is 0 Å². The number of hydrogen-bond acceptors (Lipinski definition) is 12. The zero-order chi connectivity index (χ0) is 25.1. The number of aliphatic hydroxyl groups is 2. The molecule has 2 amide bonds. The second-order valence-corrected chi connectivity index (χ2v) is 10.8. The Morgan fingerprint density at radius 3 is 2.71 bits per heavy atom. The van der Waals surface area contributed by atoms with E-state index in [2.05, 4.69) is 10.6 Å². The Morgan fingerprint density at radius 2 is 2.09 bits per heavy atom. The normalized spacial score (nSPS) is 39.4. The number of nitrogens with zero attached hydrogens (tertiary/aromatic N) is 1. The summed E-state index contributed by atoms with van der Waals surface area (Å²) in [7, 11) is -2.91. The summed E-state index contributed by atoms with van der Waals surface area (Å²) in [6.45, 7) is 6.36. The first-order valence-electron chi connectivity index (χ1n) is 10.8. The van der Waals surface area contributed by atoms with E-state index in [1.54, 1.807) is 27.7 Å². The van der Waals surface area contributed by atoms with Crippen LogP contribution in [0.1, 0.15) is 27.7 Å². The summed E-state index contributed by atoms with van der Waals surface area (Å²) in [4.78, 5) is 26.0. The fraction of sp³-hybridized carbons (Fsp3) is 0.789. The molecule has 0 aromatic carbocycles. The van der Waals surface area contributed by atoms with Crippen LogP contribution in [-0.2, 0) is 37.1 Å². The average molecular weight is 507 g/mol. The molecule has 1 aliphatic carbocycles. The summed E-state index contributed by atoms with van der Waals surface area (Å²) in [5.41, 5.74) is -2.03. The molecular formula is C19H30N3O11P. The van der Waals surface area contributed by atoms with E-state index in [0.29, 0.717) is 0 Å². The van der Waals surface area contributed by atoms with E-state index >= 15 is 0 Å². The summed E-state index contributed by atoms with van der Waals surface area (Å²) in [5.74, 6) is -0.757. The maximum absolute atomic E-state index is 13.2. The molecule has 0 aromatic rings. The van der Waals surface area contributed by atoms with Gasteiger partial charge in [-0.25, -0.2) is 9.36 Å². The number of rotatable bonds is 9. The second kappa shape index (κ2) is 8.80. The Bertz CT molecular complexity index is 914. The molecule has 4 rings (SSSR count). The highest BCUT2D eigenvalue weighted by molar-refractivity contribution is 7.48. The van der Waals surface area contributed by atoms with Crippen molar-refractivity contribution in [1.29, 1.82) is 0 Å². The lowest BCUT2D eigenvalue weighted by atomic mass is 9.82. The lowest BCUT2D eigenvalue weighted by molar-refractivity contribution is -0.158. The van der Waals surface area contributed by atoms with E-state index in [9.17, 15) is 24.4 Å². The fourth-order valence-electron chi connectivity index (χ4n) is 4.46. The van der Waals surface area contributed by atoms with Gasteiger partial charge in [0.2, 0.25) is 6.41 Å². The molecule has 8 atom stereocenters. The minimum Gasteiger partial charge on any atom is -0.462 e. The molecular weight excluding hydrogens is 477 g/mol. The number of phosphoric ester groups is 1. The molecule has 14 nitrogen and oxygen atoms in total. The van der Waals surface area contributed by atoms with Crippen LogP contribution in [0.15, 0.2) is 12.3 Å². The monoisotopic (exact) mass is 507 g/mol. The molecule has 192 valence electrons. The number of carbonyl (C=O) groups excluding carboxylic acids is 2. The standard InChI is InChI=1S/C19H30N3O11P/c1-9(2)30-14(24)10(20-17(26)28-5)8-29-34(27)32-13-12-19(13,33-34)18(3,4)15(31-12)22-7-6-11(23)21-16(22)25/h6-7,9-13,15,17,20,23,26H,8H2,1-5H3,(H,21,25)/t10-,11?,12+,13?,15+,17?,19+,34-/m0/s1. The SMILES string of the molecule is COC(O)N[C@@H](CO[P@@]1(=O)OC2[C@H]3O[C@@H](N4C=CC(O)NC4=O)C(C)(C)[C@]23O1)C(=O)OC(C)C. The number of hydrogen-bond donors (Lipinski definition) is 4. The Balaban J connectivity index is 1.44. The fourth-order valence-corrected chi connectivity index (χ4v) is 6.31. The average Bonchev–Trinajstić information content (AvgIpc) is 3.06. The van der Waals surface area contributed by atoms with Crippen molar-refractivity contribution in [2.75, 3.05) is 13.7 Å². The Hall–Kier alpha value is -1.61. The number of urea groups is 1. The van der Waals surface area contributed by atoms with Crippen molar-refractivity contribution in [3.63, 3.8) is 0 Å². The molecule has 1 spiro atoms. The van der Waals surface area contributed by atoms with Gasteiger partial charge in [0.25, 0.3) is 0 Å². The first-order valence-corrected chi connectivity index (χ1v) is 12.2. The van der Waals surface area contributed by atoms with Gasteiger partial charge in [-0.15, -0.1) is 0 Å². The van der Waals surface area contributed by atoms with Crippen LogP contribution in [0.2, 0.25) is 0 Å². The van der Waals surface area contributed by atoms with Crippen LogP contribution in [0, 0.1) is 5.41 Å². The Kier molecular flexibility index (Phi) is 6.60. The van der Waals surface area contributed by atoms with E-state index in [0.717, 1.165) is 0 Å². The molecule has 3 aliphatic heterocycles. The predicted molar refractivity (Wildman–Crippen MR) is 111 cm³/mol. The van der Waals surface area contributed by atoms with E-state index in [1.807, 2.05) is 0 Å². The summed E-state index contributed by atoms with van der Waals surface area (Å²) in [6, 6.07) is -1.79. The predicted octanol–water partition coefficient (Wildman–Crippen LogP) is -0.281. The first kappa shape index (κ1) is 25.5. The second-order valence-electron chi connectivity index (χ2n) is 9.22. The van der Waals surface area contributed by atoms with Crippen LogP contribution in [-0.4, -0.2) is 89.7 Å². The molecule has 15 heteroatoms. The van der Waals surface area contributed by atoms with Gasteiger partial charge >= 0.3 is 19.8 Å². The van der Waals surface area contributed by atoms with Crippen molar-refractivity contribution in [2.45, 2.75) is 76.5 Å². The number of aliphatic hydroxyl groups excluding tert-OH is 2. The van der Waals surface area contributed by atoms with Crippen LogP contribution in [0.5, 0.6) is 0 Å². The van der Waals surface area contributed by atoms with E-state index in [4.69, 9.17) is 27.8 Å². The lowest BCUT2D eigenvalue weighted by Crippen LogP contribution is -2.56. The van der Waals surface area contributed by atoms with Crippen LogP contribution in [0.25, 0.3) is 0 Å². The highest BCUT2D eigenvalue weighted by atomic mass is 31.2. The smallest absolute Gasteiger partial charge is 0.462 e. The number of ether oxygens (including phenoxy) is 3. The zero-order valence-electron chi connectivity index (χ0n) is 19.4. The van der Waals surface area contributed by atoms with Crippen LogP contribution in [0.4, 0.5) is 4.79 Å². The molecule has 2 saturated heterocycles. The van der Waals surface area contributed by atoms with Gasteiger partial charge in [-0.1, -0.05) is 13.8 Å². The molecule has 1 saturated carbocycles. The third-order valence-corrected chi connectivity index (χ3v) is 7.68. The zero-order valence-corrected chi connectivity index (χ0v) is 20.3. The third-order valence-electron chi connectivity index (χ3n) is 6.21. The number of phosphoric acid groups is 1. The molecule has 3 fully saturated rings. The van der Waals surface area contributed by atoms with Gasteiger partial charge in [-0.05, 0) is 19.9 Å². The summed E-state index contributed by atoms with van der Waals surface area (Å²) >= 11 is 0. The Morgan fingerprint density at radius 1 is 1.38 bits per heavy atom. The van der Waals surface area contributed by atoms with E-state index < -0.39 is 80.7 Å². The van der Waals surface area contributed by atoms with Gasteiger partial charge in [-0.3, -0.25) is 28.6 Å². The van der Waals surface area contributed by atoms with E-state index in [1.165, 1.54) is 24.3 Å². The highest BCUT2D eigenvalue weighted by Gasteiger charge is 2.89. The van der Waals surface area contributed by atoms with Crippen molar-refractivity contribution in [1.82, 2.24) is 15.5 Å². The van der Waals surface area contributed by atoms with Crippen molar-refractivity contribution in [3.8, 4) is 0 Å². The molecule has 0 bridgehead atoms. The van der Waals surface area contributed by atoms with E-state index in [-0.39, 0.29) is 0 Å². The van der Waals surface area contributed by atoms with Crippen LogP contribution < -0.4 is 10.6 Å². The molecule has 34 heavy (non-hydrogen) atoms. The summed E-state index contributed by atoms with van der Waals surface area (Å²) < 4.78 is 45.9. The van der Waals surface area contributed by atoms with Gasteiger partial charge in [0.15, 0.2) is 0 Å². The number of nitrogens with one attached hydrogen (secondary N) is 2. The third kappa shape index (κ3) is 4.16. The van der Waals surface area contributed by atoms with Gasteiger partial charge in [0, 0.05) is 18.7 Å². The topological polar surface area (TPSA) is 174 Å². The minimum absolute atomic E-state index is 0.436.